The number of carbonyl (C=O) groups is 1. The van der Waals surface area contributed by atoms with Gasteiger partial charge in [-0.3, -0.25) is 14.7 Å². The van der Waals surface area contributed by atoms with Gasteiger partial charge in [-0.1, -0.05) is 6.07 Å². The van der Waals surface area contributed by atoms with Crippen LogP contribution >= 0.6 is 0 Å². The van der Waals surface area contributed by atoms with Gasteiger partial charge in [-0.05, 0) is 44.2 Å². The van der Waals surface area contributed by atoms with E-state index in [0.29, 0.717) is 19.1 Å². The van der Waals surface area contributed by atoms with Gasteiger partial charge in [-0.15, -0.1) is 5.10 Å². The molecule has 1 aliphatic rings. The molecule has 0 aliphatic carbocycles. The molecule has 0 bridgehead atoms. The Morgan fingerprint density at radius 2 is 2.24 bits per heavy atom. The van der Waals surface area contributed by atoms with Gasteiger partial charge in [0.05, 0.1) is 18.8 Å². The molecule has 7 heteroatoms. The van der Waals surface area contributed by atoms with Crippen LogP contribution in [-0.2, 0) is 11.3 Å². The van der Waals surface area contributed by atoms with Gasteiger partial charge in [0.2, 0.25) is 5.91 Å². The topological polar surface area (TPSA) is 74.2 Å². The lowest BCUT2D eigenvalue weighted by Crippen LogP contribution is -2.49. The Bertz CT molecular complexity index is 666. The molecular weight excluding hydrogens is 316 g/mol. The van der Waals surface area contributed by atoms with Gasteiger partial charge in [-0.2, -0.15) is 5.10 Å². The zero-order chi connectivity index (χ0) is 17.5. The molecule has 3 rings (SSSR count). The molecule has 1 amide bonds. The smallest absolute Gasteiger partial charge is 0.234 e. The van der Waals surface area contributed by atoms with E-state index >= 15 is 0 Å². The fourth-order valence-corrected chi connectivity index (χ4v) is 3.09. The highest BCUT2D eigenvalue weighted by molar-refractivity contribution is 5.77. The number of amides is 1. The molecule has 2 aromatic rings. The predicted molar refractivity (Wildman–Crippen MR) is 96.0 cm³/mol. The van der Waals surface area contributed by atoms with Crippen molar-refractivity contribution in [2.45, 2.75) is 25.4 Å². The van der Waals surface area contributed by atoms with E-state index in [0.717, 1.165) is 37.4 Å². The van der Waals surface area contributed by atoms with Crippen LogP contribution in [0.3, 0.4) is 0 Å². The van der Waals surface area contributed by atoms with Crippen molar-refractivity contribution in [3.8, 4) is 0 Å². The Hall–Kier alpha value is -2.54. The van der Waals surface area contributed by atoms with E-state index in [1.165, 1.54) is 0 Å². The summed E-state index contributed by atoms with van der Waals surface area (Å²) in [5.41, 5.74) is 0.866. The van der Waals surface area contributed by atoms with E-state index in [2.05, 4.69) is 30.3 Å². The lowest BCUT2D eigenvalue weighted by atomic mass is 10.0. The van der Waals surface area contributed by atoms with E-state index in [1.54, 1.807) is 12.4 Å². The zero-order valence-electron chi connectivity index (χ0n) is 14.5. The number of pyridine rings is 1. The largest absolute Gasteiger partial charge is 0.354 e. The van der Waals surface area contributed by atoms with Crippen molar-refractivity contribution >= 4 is 11.7 Å². The van der Waals surface area contributed by atoms with Gasteiger partial charge in [0, 0.05) is 31.5 Å². The van der Waals surface area contributed by atoms with Crippen molar-refractivity contribution in [2.75, 3.05) is 31.6 Å². The minimum atomic E-state index is 0.0183. The van der Waals surface area contributed by atoms with Crippen molar-refractivity contribution in [2.24, 2.45) is 0 Å². The molecule has 1 fully saturated rings. The summed E-state index contributed by atoms with van der Waals surface area (Å²) in [4.78, 5) is 20.8. The van der Waals surface area contributed by atoms with Crippen LogP contribution in [0.15, 0.2) is 42.7 Å². The lowest BCUT2D eigenvalue weighted by molar-refractivity contribution is -0.122. The summed E-state index contributed by atoms with van der Waals surface area (Å²) in [6, 6.07) is 9.91. The van der Waals surface area contributed by atoms with E-state index in [1.807, 2.05) is 37.4 Å². The number of rotatable bonds is 6. The molecule has 1 atom stereocenters. The van der Waals surface area contributed by atoms with Crippen molar-refractivity contribution in [1.29, 1.82) is 0 Å². The number of nitrogens with zero attached hydrogens (tertiary/aromatic N) is 5. The molecule has 7 nitrogen and oxygen atoms in total. The van der Waals surface area contributed by atoms with Gasteiger partial charge < -0.3 is 10.2 Å². The fourth-order valence-electron chi connectivity index (χ4n) is 3.09. The van der Waals surface area contributed by atoms with E-state index < -0.39 is 0 Å². The summed E-state index contributed by atoms with van der Waals surface area (Å²) in [5.74, 6) is 0.921. The maximum absolute atomic E-state index is 12.2. The number of hydrogen-bond donors (Lipinski definition) is 1. The Morgan fingerprint density at radius 3 is 3.00 bits per heavy atom. The van der Waals surface area contributed by atoms with Crippen LogP contribution in [0.2, 0.25) is 0 Å². The second-order valence-corrected chi connectivity index (χ2v) is 6.34. The number of nitrogens with one attached hydrogen (secondary N) is 1. The molecule has 1 saturated heterocycles. The first-order valence-electron chi connectivity index (χ1n) is 8.62. The summed E-state index contributed by atoms with van der Waals surface area (Å²) in [6.45, 7) is 2.69. The third kappa shape index (κ3) is 4.96. The normalized spacial score (nSPS) is 17.5. The fraction of sp³-hybridized carbons (Fsp3) is 0.444. The zero-order valence-corrected chi connectivity index (χ0v) is 14.5. The first kappa shape index (κ1) is 17.3. The maximum atomic E-state index is 12.2. The Kier molecular flexibility index (Phi) is 5.90. The number of hydrogen-bond acceptors (Lipinski definition) is 6. The average molecular weight is 340 g/mol. The van der Waals surface area contributed by atoms with Gasteiger partial charge in [0.1, 0.15) is 0 Å². The van der Waals surface area contributed by atoms with Crippen LogP contribution in [0.4, 0.5) is 5.82 Å². The second-order valence-electron chi connectivity index (χ2n) is 6.34. The summed E-state index contributed by atoms with van der Waals surface area (Å²) < 4.78 is 0. The van der Waals surface area contributed by atoms with E-state index in [9.17, 15) is 4.79 Å². The van der Waals surface area contributed by atoms with Crippen LogP contribution in [0.25, 0.3) is 0 Å². The van der Waals surface area contributed by atoms with E-state index in [4.69, 9.17) is 0 Å². The van der Waals surface area contributed by atoms with Crippen molar-refractivity contribution in [3.63, 3.8) is 0 Å². The summed E-state index contributed by atoms with van der Waals surface area (Å²) in [6.07, 6.45) is 5.58. The minimum Gasteiger partial charge on any atom is -0.354 e. The molecule has 132 valence electrons. The Labute approximate surface area is 148 Å². The number of piperidine rings is 1. The first-order chi connectivity index (χ1) is 12.2. The number of anilines is 1. The van der Waals surface area contributed by atoms with Crippen LogP contribution < -0.4 is 10.2 Å². The van der Waals surface area contributed by atoms with E-state index in [-0.39, 0.29) is 5.91 Å². The summed E-state index contributed by atoms with van der Waals surface area (Å²) in [7, 11) is 2.01. The Balaban J connectivity index is 1.48. The predicted octanol–water partition coefficient (Wildman–Crippen LogP) is 1.09. The Morgan fingerprint density at radius 1 is 1.32 bits per heavy atom. The van der Waals surface area contributed by atoms with Crippen molar-refractivity contribution in [3.05, 3.63) is 48.4 Å². The molecule has 0 unspecified atom stereocenters. The second kappa shape index (κ2) is 8.53. The molecule has 1 N–H and O–H groups in total. The third-order valence-electron chi connectivity index (χ3n) is 4.49. The van der Waals surface area contributed by atoms with Crippen LogP contribution in [0.5, 0.6) is 0 Å². The first-order valence-corrected chi connectivity index (χ1v) is 8.62. The van der Waals surface area contributed by atoms with Gasteiger partial charge in [0.25, 0.3) is 0 Å². The average Bonchev–Trinajstić information content (AvgIpc) is 2.68. The number of carbonyl (C=O) groups excluding carboxylic acids is 1. The van der Waals surface area contributed by atoms with Crippen LogP contribution in [0, 0.1) is 0 Å². The number of aromatic nitrogens is 3. The monoisotopic (exact) mass is 340 g/mol. The summed E-state index contributed by atoms with van der Waals surface area (Å²) in [5, 5.41) is 11.1. The molecule has 0 saturated carbocycles. The van der Waals surface area contributed by atoms with Gasteiger partial charge in [-0.25, -0.2) is 0 Å². The molecule has 2 aromatic heterocycles. The SMILES string of the molecule is CN(CC(=O)NCc1ccccn1)[C@H]1CCCN(c2cccnn2)C1. The highest BCUT2D eigenvalue weighted by Gasteiger charge is 2.25. The summed E-state index contributed by atoms with van der Waals surface area (Å²) >= 11 is 0. The quantitative estimate of drug-likeness (QED) is 0.848. The molecule has 3 heterocycles. The molecule has 1 aliphatic heterocycles. The molecule has 0 radical (unpaired) electrons. The van der Waals surface area contributed by atoms with Crippen LogP contribution in [0.1, 0.15) is 18.5 Å². The standard InChI is InChI=1S/C18H24N6O/c1-23(14-18(25)20-12-15-6-2-3-9-19-15)16-7-5-11-24(13-16)17-8-4-10-21-22-17/h2-4,6,8-10,16H,5,7,11-14H2,1H3,(H,20,25)/t16-/m0/s1. The maximum Gasteiger partial charge on any atom is 0.234 e. The highest BCUT2D eigenvalue weighted by atomic mass is 16.2. The molecule has 0 spiro atoms. The van der Waals surface area contributed by atoms with Crippen LogP contribution in [-0.4, -0.2) is 58.7 Å². The molecule has 25 heavy (non-hydrogen) atoms. The number of likely N-dealkylation sites (N-methyl/N-ethyl adjacent to an activating group) is 1. The van der Waals surface area contributed by atoms with Crippen molar-refractivity contribution < 1.29 is 4.79 Å². The molecular formula is C18H24N6O. The lowest BCUT2D eigenvalue weighted by Gasteiger charge is -2.37. The third-order valence-corrected chi connectivity index (χ3v) is 4.49. The van der Waals surface area contributed by atoms with Gasteiger partial charge in [0.15, 0.2) is 5.82 Å². The highest BCUT2D eigenvalue weighted by Crippen LogP contribution is 2.19. The van der Waals surface area contributed by atoms with Gasteiger partial charge >= 0.3 is 0 Å². The molecule has 0 aromatic carbocycles. The minimum absolute atomic E-state index is 0.0183. The van der Waals surface area contributed by atoms with Crippen molar-refractivity contribution in [1.82, 2.24) is 25.4 Å².